The van der Waals surface area contributed by atoms with E-state index < -0.39 is 6.61 Å². The third-order valence-corrected chi connectivity index (χ3v) is 3.35. The molecule has 1 aromatic rings. The van der Waals surface area contributed by atoms with Gasteiger partial charge in [0.15, 0.2) is 0 Å². The molecule has 0 atom stereocenters. The van der Waals surface area contributed by atoms with Gasteiger partial charge in [0.2, 0.25) is 5.91 Å². The first-order valence-electron chi connectivity index (χ1n) is 6.33. The lowest BCUT2D eigenvalue weighted by Crippen LogP contribution is -2.49. The number of hydrogen-bond acceptors (Lipinski definition) is 4. The molecule has 0 saturated carbocycles. The summed E-state index contributed by atoms with van der Waals surface area (Å²) >= 11 is 0. The Morgan fingerprint density at radius 1 is 1.21 bits per heavy atom. The lowest BCUT2D eigenvalue weighted by Gasteiger charge is -2.34. The average molecular weight is 259 g/mol. The Labute approximate surface area is 112 Å². The van der Waals surface area contributed by atoms with Crippen molar-refractivity contribution in [1.82, 2.24) is 9.80 Å². The number of rotatable bonds is 3. The molecule has 5 heteroatoms. The van der Waals surface area contributed by atoms with Crippen LogP contribution in [-0.2, 0) is 11.3 Å². The normalized spacial score (nSPS) is 16.1. The van der Waals surface area contributed by atoms with Crippen LogP contribution in [0.2, 0.25) is 0 Å². The maximum absolute atomic E-state index is 11.3. The molecular weight excluding hydrogens is 242 g/mol. The number of hydrogen-bond donors (Lipinski definition) is 1. The number of piperazine rings is 1. The Hall–Kier alpha value is -1.90. The van der Waals surface area contributed by atoms with E-state index in [9.17, 15) is 4.79 Å². The maximum Gasteiger partial charge on any atom is 0.248 e. The van der Waals surface area contributed by atoms with Crippen LogP contribution in [0.25, 0.3) is 0 Å². The molecule has 1 fully saturated rings. The summed E-state index contributed by atoms with van der Waals surface area (Å²) in [5, 5.41) is 17.5. The standard InChI is InChI=1S/C14H17N3O2/c15-9-12-1-3-13(4-2-12)10-16-5-7-17(8-6-16)14(19)11-18/h1-4,18H,5-8,10-11H2. The van der Waals surface area contributed by atoms with Gasteiger partial charge in [0, 0.05) is 32.7 Å². The second kappa shape index (κ2) is 6.32. The Bertz CT molecular complexity index is 470. The summed E-state index contributed by atoms with van der Waals surface area (Å²) in [5.41, 5.74) is 1.84. The van der Waals surface area contributed by atoms with Crippen molar-refractivity contribution in [2.24, 2.45) is 0 Å². The molecule has 0 bridgehead atoms. The summed E-state index contributed by atoms with van der Waals surface area (Å²) in [5.74, 6) is -0.196. The zero-order valence-electron chi connectivity index (χ0n) is 10.7. The van der Waals surface area contributed by atoms with E-state index in [2.05, 4.69) is 11.0 Å². The van der Waals surface area contributed by atoms with Gasteiger partial charge in [-0.15, -0.1) is 0 Å². The molecule has 1 aliphatic rings. The number of aliphatic hydroxyl groups is 1. The number of amides is 1. The second-order valence-electron chi connectivity index (χ2n) is 4.62. The lowest BCUT2D eigenvalue weighted by atomic mass is 10.1. The highest BCUT2D eigenvalue weighted by molar-refractivity contribution is 5.77. The Morgan fingerprint density at radius 3 is 2.37 bits per heavy atom. The SMILES string of the molecule is N#Cc1ccc(CN2CCN(C(=O)CO)CC2)cc1. The van der Waals surface area contributed by atoms with Crippen molar-refractivity contribution in [3.05, 3.63) is 35.4 Å². The highest BCUT2D eigenvalue weighted by Gasteiger charge is 2.20. The van der Waals surface area contributed by atoms with Gasteiger partial charge in [0.25, 0.3) is 0 Å². The molecule has 0 aromatic heterocycles. The summed E-state index contributed by atoms with van der Waals surface area (Å²) in [6.07, 6.45) is 0. The molecule has 100 valence electrons. The first-order valence-corrected chi connectivity index (χ1v) is 6.33. The van der Waals surface area contributed by atoms with Gasteiger partial charge in [0.1, 0.15) is 6.61 Å². The fourth-order valence-electron chi connectivity index (χ4n) is 2.20. The third-order valence-electron chi connectivity index (χ3n) is 3.35. The van der Waals surface area contributed by atoms with Crippen molar-refractivity contribution in [2.45, 2.75) is 6.54 Å². The fraction of sp³-hybridized carbons (Fsp3) is 0.429. The molecule has 1 aliphatic heterocycles. The first kappa shape index (κ1) is 13.5. The minimum atomic E-state index is -0.407. The molecule has 19 heavy (non-hydrogen) atoms. The molecule has 0 unspecified atom stereocenters. The Balaban J connectivity index is 1.85. The number of nitriles is 1. The minimum Gasteiger partial charge on any atom is -0.387 e. The van der Waals surface area contributed by atoms with Crippen LogP contribution in [0.3, 0.4) is 0 Å². The topological polar surface area (TPSA) is 67.6 Å². The highest BCUT2D eigenvalue weighted by atomic mass is 16.3. The number of aliphatic hydroxyl groups excluding tert-OH is 1. The summed E-state index contributed by atoms with van der Waals surface area (Å²) in [4.78, 5) is 15.3. The number of carbonyl (C=O) groups excluding carboxylic acids is 1. The van der Waals surface area contributed by atoms with Crippen molar-refractivity contribution >= 4 is 5.91 Å². The predicted molar refractivity (Wildman–Crippen MR) is 70.1 cm³/mol. The zero-order chi connectivity index (χ0) is 13.7. The maximum atomic E-state index is 11.3. The van der Waals surface area contributed by atoms with E-state index >= 15 is 0 Å². The fourth-order valence-corrected chi connectivity index (χ4v) is 2.20. The van der Waals surface area contributed by atoms with Gasteiger partial charge in [-0.3, -0.25) is 9.69 Å². The first-order chi connectivity index (χ1) is 9.22. The van der Waals surface area contributed by atoms with Crippen LogP contribution in [0.5, 0.6) is 0 Å². The van der Waals surface area contributed by atoms with Crippen molar-refractivity contribution in [1.29, 1.82) is 5.26 Å². The van der Waals surface area contributed by atoms with Gasteiger partial charge in [0.05, 0.1) is 11.6 Å². The van der Waals surface area contributed by atoms with Gasteiger partial charge >= 0.3 is 0 Å². The molecule has 1 N–H and O–H groups in total. The Morgan fingerprint density at radius 2 is 1.84 bits per heavy atom. The quantitative estimate of drug-likeness (QED) is 0.841. The number of benzene rings is 1. The van der Waals surface area contributed by atoms with E-state index in [1.807, 2.05) is 24.3 Å². The minimum absolute atomic E-state index is 0.196. The van der Waals surface area contributed by atoms with E-state index in [1.54, 1.807) is 4.90 Å². The van der Waals surface area contributed by atoms with Crippen LogP contribution in [0.4, 0.5) is 0 Å². The van der Waals surface area contributed by atoms with Gasteiger partial charge < -0.3 is 10.0 Å². The summed E-state index contributed by atoms with van der Waals surface area (Å²) in [6.45, 7) is 3.37. The van der Waals surface area contributed by atoms with Gasteiger partial charge in [-0.05, 0) is 17.7 Å². The number of nitrogens with zero attached hydrogens (tertiary/aromatic N) is 3. The molecule has 2 rings (SSSR count). The molecule has 0 aliphatic carbocycles. The molecule has 0 spiro atoms. The molecule has 1 aromatic carbocycles. The van der Waals surface area contributed by atoms with Gasteiger partial charge in [-0.25, -0.2) is 0 Å². The van der Waals surface area contributed by atoms with E-state index in [0.29, 0.717) is 18.7 Å². The van der Waals surface area contributed by atoms with Crippen LogP contribution in [-0.4, -0.2) is 53.6 Å². The average Bonchev–Trinajstić information content (AvgIpc) is 2.48. The summed E-state index contributed by atoms with van der Waals surface area (Å²) in [6, 6.07) is 9.67. The van der Waals surface area contributed by atoms with Crippen molar-refractivity contribution in [3.8, 4) is 6.07 Å². The van der Waals surface area contributed by atoms with Gasteiger partial charge in [-0.1, -0.05) is 12.1 Å². The van der Waals surface area contributed by atoms with Crippen LogP contribution in [0.15, 0.2) is 24.3 Å². The predicted octanol–water partition coefficient (Wildman–Crippen LogP) is 0.195. The smallest absolute Gasteiger partial charge is 0.248 e. The van der Waals surface area contributed by atoms with Crippen LogP contribution >= 0.6 is 0 Å². The largest absolute Gasteiger partial charge is 0.387 e. The van der Waals surface area contributed by atoms with Gasteiger partial charge in [-0.2, -0.15) is 5.26 Å². The van der Waals surface area contributed by atoms with Crippen LogP contribution < -0.4 is 0 Å². The summed E-state index contributed by atoms with van der Waals surface area (Å²) < 4.78 is 0. The van der Waals surface area contributed by atoms with E-state index in [1.165, 1.54) is 5.56 Å². The van der Waals surface area contributed by atoms with Crippen LogP contribution in [0, 0.1) is 11.3 Å². The molecule has 1 saturated heterocycles. The molecule has 1 amide bonds. The molecular formula is C14H17N3O2. The Kier molecular flexibility index (Phi) is 4.50. The van der Waals surface area contributed by atoms with E-state index in [-0.39, 0.29) is 5.91 Å². The summed E-state index contributed by atoms with van der Waals surface area (Å²) in [7, 11) is 0. The molecule has 1 heterocycles. The zero-order valence-corrected chi connectivity index (χ0v) is 10.7. The lowest BCUT2D eigenvalue weighted by molar-refractivity contribution is -0.135. The monoisotopic (exact) mass is 259 g/mol. The molecule has 5 nitrogen and oxygen atoms in total. The number of carbonyl (C=O) groups is 1. The van der Waals surface area contributed by atoms with Crippen molar-refractivity contribution in [2.75, 3.05) is 32.8 Å². The van der Waals surface area contributed by atoms with E-state index in [4.69, 9.17) is 10.4 Å². The van der Waals surface area contributed by atoms with Crippen LogP contribution in [0.1, 0.15) is 11.1 Å². The highest BCUT2D eigenvalue weighted by Crippen LogP contribution is 2.10. The van der Waals surface area contributed by atoms with Crippen molar-refractivity contribution < 1.29 is 9.90 Å². The van der Waals surface area contributed by atoms with E-state index in [0.717, 1.165) is 19.6 Å². The van der Waals surface area contributed by atoms with Crippen molar-refractivity contribution in [3.63, 3.8) is 0 Å². The molecule has 0 radical (unpaired) electrons. The second-order valence-corrected chi connectivity index (χ2v) is 4.62. The third kappa shape index (κ3) is 3.53.